The van der Waals surface area contributed by atoms with Crippen LogP contribution in [0.1, 0.15) is 74.5 Å². The Hall–Kier alpha value is -3.59. The predicted molar refractivity (Wildman–Crippen MR) is 159 cm³/mol. The van der Waals surface area contributed by atoms with E-state index in [1.54, 1.807) is 29.2 Å². The van der Waals surface area contributed by atoms with Crippen LogP contribution in [0, 0.1) is 5.92 Å². The van der Waals surface area contributed by atoms with Crippen LogP contribution in [-0.4, -0.2) is 52.5 Å². The number of carboxylic acid groups (broad SMARTS) is 1. The molecule has 2 aromatic rings. The summed E-state index contributed by atoms with van der Waals surface area (Å²) in [6.45, 7) is 1.07. The fourth-order valence-corrected chi connectivity index (χ4v) is 6.03. The molecule has 9 nitrogen and oxygen atoms in total. The Bertz CT molecular complexity index is 1250. The topological polar surface area (TPSA) is 125 Å². The molecule has 42 heavy (non-hydrogen) atoms. The van der Waals surface area contributed by atoms with Crippen molar-refractivity contribution in [3.05, 3.63) is 70.2 Å². The second-order valence-corrected chi connectivity index (χ2v) is 11.7. The zero-order chi connectivity index (χ0) is 29.9. The van der Waals surface area contributed by atoms with Gasteiger partial charge in [-0.2, -0.15) is 0 Å². The highest BCUT2D eigenvalue weighted by atomic mass is 35.5. The minimum absolute atomic E-state index is 0.0121. The summed E-state index contributed by atoms with van der Waals surface area (Å²) in [4.78, 5) is 53.0. The number of amides is 3. The molecule has 1 saturated carbocycles. The average molecular weight is 598 g/mol. The molecule has 1 aliphatic heterocycles. The number of nitrogens with zero attached hydrogens (tertiary/aromatic N) is 1. The maximum absolute atomic E-state index is 13.4. The third kappa shape index (κ3) is 9.48. The zero-order valence-electron chi connectivity index (χ0n) is 23.9. The van der Waals surface area contributed by atoms with Crippen molar-refractivity contribution in [1.82, 2.24) is 15.5 Å². The Morgan fingerprint density at radius 3 is 2.45 bits per heavy atom. The van der Waals surface area contributed by atoms with Gasteiger partial charge in [-0.05, 0) is 60.4 Å². The van der Waals surface area contributed by atoms with E-state index in [0.29, 0.717) is 30.1 Å². The van der Waals surface area contributed by atoms with E-state index in [-0.39, 0.29) is 31.3 Å². The van der Waals surface area contributed by atoms with Crippen LogP contribution in [0.25, 0.3) is 0 Å². The first-order valence-corrected chi connectivity index (χ1v) is 15.2. The monoisotopic (exact) mass is 597 g/mol. The first-order chi connectivity index (χ1) is 20.3. The van der Waals surface area contributed by atoms with E-state index in [9.17, 15) is 24.3 Å². The number of halogens is 1. The molecule has 2 unspecified atom stereocenters. The number of hydrogen-bond acceptors (Lipinski definition) is 5. The first kappa shape index (κ1) is 31.3. The number of hydrogen-bond donors (Lipinski definition) is 3. The van der Waals surface area contributed by atoms with Crippen molar-refractivity contribution in [2.45, 2.75) is 89.4 Å². The minimum atomic E-state index is -1.26. The molecule has 2 aromatic carbocycles. The van der Waals surface area contributed by atoms with Crippen LogP contribution in [-0.2, 0) is 38.7 Å². The van der Waals surface area contributed by atoms with Gasteiger partial charge in [0.1, 0.15) is 18.7 Å². The maximum Gasteiger partial charge on any atom is 0.408 e. The number of aliphatic carboxylic acids is 1. The van der Waals surface area contributed by atoms with Crippen molar-refractivity contribution in [2.24, 2.45) is 5.92 Å². The smallest absolute Gasteiger partial charge is 0.408 e. The molecule has 0 bridgehead atoms. The quantitative estimate of drug-likeness (QED) is 0.326. The predicted octanol–water partition coefficient (Wildman–Crippen LogP) is 5.23. The molecule has 2 atom stereocenters. The number of ether oxygens (including phenoxy) is 1. The molecule has 10 heteroatoms. The van der Waals surface area contributed by atoms with E-state index >= 15 is 0 Å². The van der Waals surface area contributed by atoms with E-state index < -0.39 is 30.1 Å². The van der Waals surface area contributed by atoms with Gasteiger partial charge < -0.3 is 25.4 Å². The number of alkyl carbamates (subject to hydrolysis) is 1. The fourth-order valence-electron chi connectivity index (χ4n) is 5.82. The Labute approximate surface area is 251 Å². The van der Waals surface area contributed by atoms with Crippen molar-refractivity contribution in [3.63, 3.8) is 0 Å². The molecule has 0 spiro atoms. The second kappa shape index (κ2) is 15.6. The van der Waals surface area contributed by atoms with Gasteiger partial charge in [0.25, 0.3) is 0 Å². The summed E-state index contributed by atoms with van der Waals surface area (Å²) >= 11 is 6.00. The Kier molecular flexibility index (Phi) is 11.6. The summed E-state index contributed by atoms with van der Waals surface area (Å²) in [5.41, 5.74) is 3.03. The van der Waals surface area contributed by atoms with Gasteiger partial charge in [0.05, 0.1) is 0 Å². The molecule has 226 valence electrons. The molecule has 0 aromatic heterocycles. The van der Waals surface area contributed by atoms with Crippen LogP contribution in [0.4, 0.5) is 4.79 Å². The van der Waals surface area contributed by atoms with Gasteiger partial charge >= 0.3 is 12.1 Å². The van der Waals surface area contributed by atoms with Crippen LogP contribution in [0.15, 0.2) is 48.5 Å². The lowest BCUT2D eigenvalue weighted by Gasteiger charge is -2.27. The fraction of sp³-hybridized carbons (Fsp3) is 0.500. The van der Waals surface area contributed by atoms with Crippen LogP contribution in [0.5, 0.6) is 0 Å². The summed E-state index contributed by atoms with van der Waals surface area (Å²) in [6.07, 6.45) is 6.42. The van der Waals surface area contributed by atoms with Crippen molar-refractivity contribution in [3.8, 4) is 0 Å². The molecular weight excluding hydrogens is 558 g/mol. The number of carbonyl (C=O) groups is 4. The Morgan fingerprint density at radius 2 is 1.71 bits per heavy atom. The van der Waals surface area contributed by atoms with Gasteiger partial charge in [-0.15, -0.1) is 0 Å². The number of nitrogens with one attached hydrogen (secondary N) is 2. The normalized spacial score (nSPS) is 16.8. The Morgan fingerprint density at radius 1 is 0.952 bits per heavy atom. The molecular formula is C32H40ClN3O6. The Balaban J connectivity index is 1.35. The molecule has 3 amide bonds. The van der Waals surface area contributed by atoms with Crippen molar-refractivity contribution in [1.29, 1.82) is 0 Å². The highest BCUT2D eigenvalue weighted by Crippen LogP contribution is 2.27. The van der Waals surface area contributed by atoms with Gasteiger partial charge in [-0.3, -0.25) is 9.59 Å². The summed E-state index contributed by atoms with van der Waals surface area (Å²) in [7, 11) is 0. The number of carbonyl (C=O) groups excluding carboxylic acids is 3. The summed E-state index contributed by atoms with van der Waals surface area (Å²) in [6, 6.07) is 12.7. The van der Waals surface area contributed by atoms with Crippen LogP contribution in [0.2, 0.25) is 5.02 Å². The molecule has 4 rings (SSSR count). The molecule has 3 N–H and O–H groups in total. The van der Waals surface area contributed by atoms with E-state index in [4.69, 9.17) is 16.3 Å². The molecule has 0 radical (unpaired) electrons. The molecule has 1 fully saturated rings. The van der Waals surface area contributed by atoms with E-state index in [2.05, 4.69) is 16.7 Å². The SMILES string of the molecule is O=C(NC(CC1CCCCC1)C(=O)NC(CCC(=O)N1CCCc2ccccc2C1)C(=O)O)OCc1cccc(Cl)c1. The van der Waals surface area contributed by atoms with Crippen LogP contribution in [0.3, 0.4) is 0 Å². The van der Waals surface area contributed by atoms with Gasteiger partial charge in [0.2, 0.25) is 11.8 Å². The zero-order valence-corrected chi connectivity index (χ0v) is 24.6. The third-order valence-corrected chi connectivity index (χ3v) is 8.36. The van der Waals surface area contributed by atoms with E-state index in [1.807, 2.05) is 18.2 Å². The van der Waals surface area contributed by atoms with Gasteiger partial charge in [0.15, 0.2) is 0 Å². The van der Waals surface area contributed by atoms with E-state index in [1.165, 1.54) is 5.56 Å². The average Bonchev–Trinajstić information content (AvgIpc) is 3.21. The number of fused-ring (bicyclic) bond motifs is 1. The third-order valence-electron chi connectivity index (χ3n) is 8.13. The standard InChI is InChI=1S/C32H40ClN3O6/c33-26-14-6-10-23(18-26)21-42-32(41)35-28(19-22-8-2-1-3-9-22)30(38)34-27(31(39)40)15-16-29(37)36-17-7-13-24-11-4-5-12-25(24)20-36/h4-6,10-12,14,18,22,27-28H,1-3,7-9,13,15-17,19-21H2,(H,34,38)(H,35,41)(H,39,40). The van der Waals surface area contributed by atoms with Crippen molar-refractivity contribution < 1.29 is 29.0 Å². The first-order valence-electron chi connectivity index (χ1n) is 14.8. The van der Waals surface area contributed by atoms with E-state index in [0.717, 1.165) is 50.5 Å². The van der Waals surface area contributed by atoms with Crippen LogP contribution >= 0.6 is 11.6 Å². The lowest BCUT2D eigenvalue weighted by atomic mass is 9.84. The largest absolute Gasteiger partial charge is 0.480 e. The molecule has 0 saturated heterocycles. The maximum atomic E-state index is 13.4. The molecule has 1 aliphatic carbocycles. The number of carboxylic acids is 1. The van der Waals surface area contributed by atoms with Gasteiger partial charge in [-0.1, -0.05) is 80.1 Å². The lowest BCUT2D eigenvalue weighted by molar-refractivity contribution is -0.142. The summed E-state index contributed by atoms with van der Waals surface area (Å²) in [5, 5.41) is 15.6. The summed E-state index contributed by atoms with van der Waals surface area (Å²) in [5.74, 6) is -1.73. The molecule has 1 heterocycles. The number of benzene rings is 2. The van der Waals surface area contributed by atoms with Crippen molar-refractivity contribution >= 4 is 35.5 Å². The highest BCUT2D eigenvalue weighted by molar-refractivity contribution is 6.30. The van der Waals surface area contributed by atoms with Crippen LogP contribution < -0.4 is 10.6 Å². The number of aryl methyl sites for hydroxylation is 1. The van der Waals surface area contributed by atoms with Gasteiger partial charge in [-0.25, -0.2) is 9.59 Å². The molecule has 2 aliphatic rings. The van der Waals surface area contributed by atoms with Gasteiger partial charge in [0, 0.05) is 24.5 Å². The lowest BCUT2D eigenvalue weighted by Crippen LogP contribution is -2.52. The number of rotatable bonds is 11. The van der Waals surface area contributed by atoms with Crippen molar-refractivity contribution in [2.75, 3.05) is 6.54 Å². The second-order valence-electron chi connectivity index (χ2n) is 11.3. The highest BCUT2D eigenvalue weighted by Gasteiger charge is 2.30. The summed E-state index contributed by atoms with van der Waals surface area (Å²) < 4.78 is 5.33. The minimum Gasteiger partial charge on any atom is -0.480 e.